The number of unbranched alkanes of at least 4 members (excludes halogenated alkanes) is 32. The van der Waals surface area contributed by atoms with E-state index in [1.54, 1.807) is 0 Å². The first kappa shape index (κ1) is 40.9. The molecule has 0 rings (SSSR count). The molecule has 0 fully saturated rings. The van der Waals surface area contributed by atoms with E-state index in [1.165, 1.54) is 218 Å². The van der Waals surface area contributed by atoms with Crippen molar-refractivity contribution in [3.8, 4) is 0 Å². The molecule has 244 valence electrons. The first-order valence-electron chi connectivity index (χ1n) is 19.5. The summed E-state index contributed by atoms with van der Waals surface area (Å²) in [5.41, 5.74) is 0. The van der Waals surface area contributed by atoms with Crippen LogP contribution in [0.25, 0.3) is 0 Å². The molecule has 0 N–H and O–H groups in total. The van der Waals surface area contributed by atoms with Gasteiger partial charge in [-0.1, -0.05) is 239 Å². The molecule has 0 bridgehead atoms. The maximum absolute atomic E-state index is 2.43. The van der Waals surface area contributed by atoms with Gasteiger partial charge in [0.15, 0.2) is 0 Å². The maximum atomic E-state index is 2.43. The van der Waals surface area contributed by atoms with Crippen LogP contribution in [0.4, 0.5) is 0 Å². The summed E-state index contributed by atoms with van der Waals surface area (Å²) in [6, 6.07) is 0. The van der Waals surface area contributed by atoms with Crippen molar-refractivity contribution in [2.75, 3.05) is 0 Å². The van der Waals surface area contributed by atoms with E-state index in [1.807, 2.05) is 0 Å². The molecule has 0 nitrogen and oxygen atoms in total. The van der Waals surface area contributed by atoms with E-state index in [-0.39, 0.29) is 0 Å². The van der Waals surface area contributed by atoms with Gasteiger partial charge in [-0.25, -0.2) is 0 Å². The van der Waals surface area contributed by atoms with E-state index in [4.69, 9.17) is 0 Å². The fourth-order valence-corrected chi connectivity index (χ4v) is 6.70. The normalized spacial score (nSPS) is 12.2. The van der Waals surface area contributed by atoms with Gasteiger partial charge >= 0.3 is 0 Å². The highest BCUT2D eigenvalue weighted by molar-refractivity contribution is 7.45. The smallest absolute Gasteiger partial charge is 0.0347 e. The van der Waals surface area contributed by atoms with Gasteiger partial charge in [-0.15, -0.1) is 0 Å². The van der Waals surface area contributed by atoms with Crippen LogP contribution in [-0.2, 0) is 0 Å². The Bertz CT molecular complexity index is 449. The fraction of sp³-hybridized carbons (Fsp3) is 0.900. The van der Waals surface area contributed by atoms with Crippen molar-refractivity contribution in [1.29, 1.82) is 0 Å². The van der Waals surface area contributed by atoms with Gasteiger partial charge in [0.05, 0.1) is 0 Å². The van der Waals surface area contributed by atoms with Crippen LogP contribution >= 0.6 is 8.58 Å². The van der Waals surface area contributed by atoms with E-state index in [0.717, 1.165) is 8.58 Å². The summed E-state index contributed by atoms with van der Waals surface area (Å²) in [4.78, 5) is 0. The maximum Gasteiger partial charge on any atom is -0.0347 e. The molecular formula is C40H79P. The molecule has 0 saturated heterocycles. The summed E-state index contributed by atoms with van der Waals surface area (Å²) in [6.07, 6.45) is 54.1. The highest BCUT2D eigenvalue weighted by atomic mass is 31.1. The Labute approximate surface area is 264 Å². The number of hydrogen-bond donors (Lipinski definition) is 0. The molecule has 0 aliphatic rings. The van der Waals surface area contributed by atoms with Gasteiger partial charge in [0, 0.05) is 0 Å². The Morgan fingerprint density at radius 2 is 0.463 bits per heavy atom. The molecular weight excluding hydrogens is 511 g/mol. The lowest BCUT2D eigenvalue weighted by molar-refractivity contribution is 0.530. The molecule has 0 aromatic carbocycles. The quantitative estimate of drug-likeness (QED) is 0.0503. The van der Waals surface area contributed by atoms with Crippen LogP contribution in [0.1, 0.15) is 232 Å². The Kier molecular flexibility index (Phi) is 39.8. The second-order valence-electron chi connectivity index (χ2n) is 13.2. The number of rotatable bonds is 36. The van der Waals surface area contributed by atoms with E-state index in [9.17, 15) is 0 Å². The van der Waals surface area contributed by atoms with Gasteiger partial charge in [-0.2, -0.15) is 0 Å². The van der Waals surface area contributed by atoms with Gasteiger partial charge in [0.1, 0.15) is 0 Å². The fourth-order valence-electron chi connectivity index (χ4n) is 5.98. The molecule has 0 saturated carbocycles. The lowest BCUT2D eigenvalue weighted by Crippen LogP contribution is -1.83. The summed E-state index contributed by atoms with van der Waals surface area (Å²) < 4.78 is 0. The third kappa shape index (κ3) is 39.9. The molecule has 41 heavy (non-hydrogen) atoms. The Morgan fingerprint density at radius 1 is 0.268 bits per heavy atom. The number of allylic oxidation sites excluding steroid dienone is 2. The van der Waals surface area contributed by atoms with Crippen LogP contribution in [-0.4, -0.2) is 0 Å². The van der Waals surface area contributed by atoms with Crippen molar-refractivity contribution in [3.63, 3.8) is 0 Å². The Balaban J connectivity index is 3.14. The average molecular weight is 591 g/mol. The summed E-state index contributed by atoms with van der Waals surface area (Å²) in [5, 5.41) is 0. The van der Waals surface area contributed by atoms with Crippen molar-refractivity contribution in [1.82, 2.24) is 0 Å². The minimum absolute atomic E-state index is 0.893. The molecule has 0 spiro atoms. The molecule has 0 amide bonds. The Morgan fingerprint density at radius 3 is 0.683 bits per heavy atom. The summed E-state index contributed by atoms with van der Waals surface area (Å²) in [6.45, 7) is 4.61. The van der Waals surface area contributed by atoms with Crippen LogP contribution in [0.3, 0.4) is 0 Å². The Hall–Kier alpha value is -0.0900. The van der Waals surface area contributed by atoms with E-state index in [0.29, 0.717) is 0 Å². The molecule has 0 aliphatic carbocycles. The predicted molar refractivity (Wildman–Crippen MR) is 195 cm³/mol. The molecule has 0 aliphatic heterocycles. The van der Waals surface area contributed by atoms with Gasteiger partial charge in [-0.3, -0.25) is 0 Å². The lowest BCUT2D eigenvalue weighted by Gasteiger charge is -2.03. The van der Waals surface area contributed by atoms with Crippen LogP contribution < -0.4 is 0 Å². The van der Waals surface area contributed by atoms with E-state index >= 15 is 0 Å². The van der Waals surface area contributed by atoms with E-state index in [2.05, 4.69) is 37.6 Å². The monoisotopic (exact) mass is 591 g/mol. The van der Waals surface area contributed by atoms with Crippen LogP contribution in [0.15, 0.2) is 23.8 Å². The van der Waals surface area contributed by atoms with Crippen molar-refractivity contribution >= 4 is 8.58 Å². The minimum atomic E-state index is 0.893. The zero-order valence-corrected chi connectivity index (χ0v) is 29.9. The van der Waals surface area contributed by atoms with Crippen molar-refractivity contribution < 1.29 is 0 Å². The first-order chi connectivity index (χ1) is 20.4. The summed E-state index contributed by atoms with van der Waals surface area (Å²) >= 11 is 0. The molecule has 0 aromatic heterocycles. The van der Waals surface area contributed by atoms with Crippen LogP contribution in [0, 0.1) is 0 Å². The molecule has 0 heterocycles. The molecule has 0 unspecified atom stereocenters. The first-order valence-corrected chi connectivity index (χ1v) is 20.6. The predicted octanol–water partition coefficient (Wildman–Crippen LogP) is 16.0. The zero-order valence-electron chi connectivity index (χ0n) is 28.9. The zero-order chi connectivity index (χ0) is 29.6. The number of hydrogen-bond acceptors (Lipinski definition) is 0. The topological polar surface area (TPSA) is 0 Å². The van der Waals surface area contributed by atoms with Gasteiger partial charge < -0.3 is 0 Å². The highest BCUT2D eigenvalue weighted by Crippen LogP contribution is 2.18. The standard InChI is InChI=1S/C40H79P/c1-3-5-7-9-11-13-15-17-19-21-23-25-27-29-31-33-35-37-39-41-40-38-36-34-32-30-28-26-24-22-20-18-16-14-12-10-8-6-4-2/h37-41H,3-36H2,1-2H3. The second kappa shape index (κ2) is 39.9. The van der Waals surface area contributed by atoms with Crippen molar-refractivity contribution in [2.45, 2.75) is 232 Å². The third-order valence-electron chi connectivity index (χ3n) is 8.88. The van der Waals surface area contributed by atoms with Crippen molar-refractivity contribution in [3.05, 3.63) is 23.8 Å². The van der Waals surface area contributed by atoms with Crippen LogP contribution in [0.5, 0.6) is 0 Å². The largest absolute Gasteiger partial charge is 0.0840 e. The third-order valence-corrected chi connectivity index (χ3v) is 9.73. The lowest BCUT2D eigenvalue weighted by atomic mass is 10.0. The molecule has 1 heteroatoms. The molecule has 0 radical (unpaired) electrons. The molecule has 0 aromatic rings. The van der Waals surface area contributed by atoms with Gasteiger partial charge in [-0.05, 0) is 25.7 Å². The molecule has 0 atom stereocenters. The average Bonchev–Trinajstić information content (AvgIpc) is 2.98. The van der Waals surface area contributed by atoms with Crippen molar-refractivity contribution in [2.24, 2.45) is 0 Å². The summed E-state index contributed by atoms with van der Waals surface area (Å²) in [5.74, 6) is 4.82. The van der Waals surface area contributed by atoms with Gasteiger partial charge in [0.25, 0.3) is 0 Å². The highest BCUT2D eigenvalue weighted by Gasteiger charge is 1.96. The van der Waals surface area contributed by atoms with E-state index < -0.39 is 0 Å². The SMILES string of the molecule is CCCCCCCCCCCCCCCCCCC=CPC=CCCCCCCCCCCCCCCCCCC. The van der Waals surface area contributed by atoms with Gasteiger partial charge in [0.2, 0.25) is 0 Å². The van der Waals surface area contributed by atoms with Crippen LogP contribution in [0.2, 0.25) is 0 Å². The summed E-state index contributed by atoms with van der Waals surface area (Å²) in [7, 11) is 0.893. The second-order valence-corrected chi connectivity index (χ2v) is 14.2. The minimum Gasteiger partial charge on any atom is -0.0840 e.